The molecule has 1 saturated carbocycles. The molecule has 2 amide bonds. The van der Waals surface area contributed by atoms with Crippen LogP contribution in [0.25, 0.3) is 10.9 Å². The first kappa shape index (κ1) is 18.5. The molecule has 1 saturated heterocycles. The largest absolute Gasteiger partial charge is 0.345 e. The number of aromatic nitrogens is 1. The molecular weight excluding hydrogens is 350 g/mol. The second-order valence-corrected chi connectivity index (χ2v) is 7.97. The molecule has 4 rings (SSSR count). The van der Waals surface area contributed by atoms with Crippen molar-refractivity contribution in [2.45, 2.75) is 44.1 Å². The Balaban J connectivity index is 1.56. The molecular formula is C23H25N3O2. The minimum Gasteiger partial charge on any atom is -0.345 e. The average Bonchev–Trinajstić information content (AvgIpc) is 3.06. The van der Waals surface area contributed by atoms with E-state index in [0.717, 1.165) is 42.1 Å². The summed E-state index contributed by atoms with van der Waals surface area (Å²) in [6, 6.07) is 10.0. The molecule has 144 valence electrons. The third-order valence-electron chi connectivity index (χ3n) is 5.82. The van der Waals surface area contributed by atoms with Crippen molar-refractivity contribution in [3.05, 3.63) is 42.1 Å². The molecule has 1 atom stereocenters. The molecule has 1 aromatic heterocycles. The van der Waals surface area contributed by atoms with Gasteiger partial charge in [0.15, 0.2) is 0 Å². The van der Waals surface area contributed by atoms with E-state index in [9.17, 15) is 9.59 Å². The summed E-state index contributed by atoms with van der Waals surface area (Å²) in [5.41, 5.74) is 1.29. The van der Waals surface area contributed by atoms with Crippen LogP contribution in [0.1, 0.15) is 44.1 Å². The number of benzene rings is 1. The molecule has 0 spiro atoms. The van der Waals surface area contributed by atoms with Crippen molar-refractivity contribution in [1.82, 2.24) is 15.2 Å². The fourth-order valence-corrected chi connectivity index (χ4v) is 4.14. The number of nitrogens with one attached hydrogen (secondary N) is 1. The minimum atomic E-state index is -0.509. The van der Waals surface area contributed by atoms with Gasteiger partial charge >= 0.3 is 0 Å². The Labute approximate surface area is 165 Å². The summed E-state index contributed by atoms with van der Waals surface area (Å²) in [6.45, 7) is 0.489. The Hall–Kier alpha value is -2.87. The number of hydrogen-bond acceptors (Lipinski definition) is 3. The molecule has 1 aliphatic carbocycles. The predicted molar refractivity (Wildman–Crippen MR) is 108 cm³/mol. The smallest absolute Gasteiger partial charge is 0.226 e. The number of rotatable bonds is 2. The van der Waals surface area contributed by atoms with Gasteiger partial charge in [-0.2, -0.15) is 0 Å². The fourth-order valence-electron chi connectivity index (χ4n) is 4.14. The number of para-hydroxylation sites is 1. The van der Waals surface area contributed by atoms with Crippen LogP contribution in [0.15, 0.2) is 36.5 Å². The Morgan fingerprint density at radius 1 is 1.25 bits per heavy atom. The molecule has 0 radical (unpaired) electrons. The fraction of sp³-hybridized carbons (Fsp3) is 0.435. The highest BCUT2D eigenvalue weighted by Gasteiger charge is 2.37. The first-order chi connectivity index (χ1) is 13.5. The van der Waals surface area contributed by atoms with Gasteiger partial charge in [0, 0.05) is 37.2 Å². The summed E-state index contributed by atoms with van der Waals surface area (Å²) in [4.78, 5) is 30.7. The van der Waals surface area contributed by atoms with Crippen LogP contribution in [0.4, 0.5) is 0 Å². The number of carbonyl (C=O) groups is 2. The Kier molecular flexibility index (Phi) is 5.04. The zero-order chi connectivity index (χ0) is 19.6. The first-order valence-electron chi connectivity index (χ1n) is 9.99. The Morgan fingerprint density at radius 2 is 2.04 bits per heavy atom. The average molecular weight is 375 g/mol. The molecule has 2 aliphatic rings. The summed E-state index contributed by atoms with van der Waals surface area (Å²) in [5.74, 6) is 6.33. The lowest BCUT2D eigenvalue weighted by atomic mass is 9.81. The van der Waals surface area contributed by atoms with Crippen molar-refractivity contribution >= 4 is 22.7 Å². The van der Waals surface area contributed by atoms with Gasteiger partial charge in [-0.05, 0) is 25.0 Å². The molecule has 5 nitrogen and oxygen atoms in total. The van der Waals surface area contributed by atoms with E-state index < -0.39 is 5.54 Å². The molecule has 2 heterocycles. The number of likely N-dealkylation sites (tertiary alicyclic amines) is 1. The van der Waals surface area contributed by atoms with E-state index in [1.807, 2.05) is 30.3 Å². The van der Waals surface area contributed by atoms with Gasteiger partial charge in [0.2, 0.25) is 11.8 Å². The minimum absolute atomic E-state index is 0.0335. The van der Waals surface area contributed by atoms with E-state index >= 15 is 0 Å². The Bertz CT molecular complexity index is 966. The molecule has 28 heavy (non-hydrogen) atoms. The van der Waals surface area contributed by atoms with Gasteiger partial charge in [-0.15, -0.1) is 0 Å². The lowest BCUT2D eigenvalue weighted by Gasteiger charge is -2.34. The third-order valence-corrected chi connectivity index (χ3v) is 5.82. The predicted octanol–water partition coefficient (Wildman–Crippen LogP) is 2.88. The second kappa shape index (κ2) is 7.63. The zero-order valence-electron chi connectivity index (χ0n) is 16.2. The highest BCUT2D eigenvalue weighted by molar-refractivity contribution is 5.89. The van der Waals surface area contributed by atoms with Crippen LogP contribution >= 0.6 is 0 Å². The number of amides is 2. The van der Waals surface area contributed by atoms with Crippen LogP contribution in [0.5, 0.6) is 0 Å². The van der Waals surface area contributed by atoms with Crippen LogP contribution in [0.2, 0.25) is 0 Å². The van der Waals surface area contributed by atoms with Crippen LogP contribution in [0, 0.1) is 17.8 Å². The lowest BCUT2D eigenvalue weighted by Crippen LogP contribution is -2.51. The quantitative estimate of drug-likeness (QED) is 0.821. The van der Waals surface area contributed by atoms with E-state index in [0.29, 0.717) is 13.0 Å². The first-order valence-corrected chi connectivity index (χ1v) is 9.99. The highest BCUT2D eigenvalue weighted by atomic mass is 16.2. The van der Waals surface area contributed by atoms with E-state index in [1.54, 1.807) is 18.1 Å². The summed E-state index contributed by atoms with van der Waals surface area (Å²) in [5, 5.41) is 4.27. The van der Waals surface area contributed by atoms with E-state index in [2.05, 4.69) is 22.1 Å². The molecule has 1 N–H and O–H groups in total. The number of hydrogen-bond donors (Lipinski definition) is 1. The van der Waals surface area contributed by atoms with Crippen molar-refractivity contribution in [2.75, 3.05) is 13.6 Å². The lowest BCUT2D eigenvalue weighted by molar-refractivity contribution is -0.129. The van der Waals surface area contributed by atoms with Crippen molar-refractivity contribution in [1.29, 1.82) is 0 Å². The van der Waals surface area contributed by atoms with Gasteiger partial charge in [0.05, 0.1) is 11.4 Å². The number of carbonyl (C=O) groups excluding carboxylic acids is 2. The van der Waals surface area contributed by atoms with Crippen LogP contribution < -0.4 is 5.32 Å². The molecule has 1 aromatic carbocycles. The maximum absolute atomic E-state index is 12.8. The van der Waals surface area contributed by atoms with Crippen LogP contribution in [-0.2, 0) is 9.59 Å². The SMILES string of the molecule is CN1C[C@@H](C(=O)NC2(C#Cc3cnc4ccccc4c3)CCCCC2)CC1=O. The maximum Gasteiger partial charge on any atom is 0.226 e. The summed E-state index contributed by atoms with van der Waals surface area (Å²) in [6.07, 6.45) is 7.05. The number of nitrogens with zero attached hydrogens (tertiary/aromatic N) is 2. The summed E-state index contributed by atoms with van der Waals surface area (Å²) >= 11 is 0. The topological polar surface area (TPSA) is 62.3 Å². The molecule has 1 aliphatic heterocycles. The molecule has 5 heteroatoms. The summed E-state index contributed by atoms with van der Waals surface area (Å²) < 4.78 is 0. The molecule has 2 fully saturated rings. The number of fused-ring (bicyclic) bond motifs is 1. The summed E-state index contributed by atoms with van der Waals surface area (Å²) in [7, 11) is 1.75. The number of pyridine rings is 1. The van der Waals surface area contributed by atoms with Crippen molar-refractivity contribution in [3.8, 4) is 11.8 Å². The molecule has 2 aromatic rings. The maximum atomic E-state index is 12.8. The van der Waals surface area contributed by atoms with Gasteiger partial charge in [-0.1, -0.05) is 49.3 Å². The van der Waals surface area contributed by atoms with Gasteiger partial charge in [0.25, 0.3) is 0 Å². The second-order valence-electron chi connectivity index (χ2n) is 7.97. The third kappa shape index (κ3) is 3.87. The van der Waals surface area contributed by atoms with Gasteiger partial charge in [0.1, 0.15) is 5.54 Å². The van der Waals surface area contributed by atoms with Crippen molar-refractivity contribution in [3.63, 3.8) is 0 Å². The molecule has 0 bridgehead atoms. The van der Waals surface area contributed by atoms with Crippen LogP contribution in [0.3, 0.4) is 0 Å². The highest BCUT2D eigenvalue weighted by Crippen LogP contribution is 2.29. The standard InChI is InChI=1S/C23H25N3O2/c1-26-16-19(14-21(26)27)22(28)25-23(10-5-2-6-11-23)12-9-17-13-18-7-3-4-8-20(18)24-15-17/h3-4,7-8,13,15,19H,2,5-6,10-11,14,16H2,1H3,(H,25,28)/t19-/m0/s1. The van der Waals surface area contributed by atoms with Crippen molar-refractivity contribution in [2.24, 2.45) is 5.92 Å². The van der Waals surface area contributed by atoms with Crippen LogP contribution in [-0.4, -0.2) is 40.8 Å². The normalized spacial score (nSPS) is 21.2. The monoisotopic (exact) mass is 375 g/mol. The van der Waals surface area contributed by atoms with E-state index in [1.165, 1.54) is 6.42 Å². The van der Waals surface area contributed by atoms with E-state index in [4.69, 9.17) is 0 Å². The Morgan fingerprint density at radius 3 is 2.79 bits per heavy atom. The van der Waals surface area contributed by atoms with Gasteiger partial charge in [-0.25, -0.2) is 0 Å². The van der Waals surface area contributed by atoms with Gasteiger partial charge < -0.3 is 10.2 Å². The van der Waals surface area contributed by atoms with Gasteiger partial charge in [-0.3, -0.25) is 14.6 Å². The zero-order valence-corrected chi connectivity index (χ0v) is 16.2. The van der Waals surface area contributed by atoms with E-state index in [-0.39, 0.29) is 17.7 Å². The van der Waals surface area contributed by atoms with Crippen molar-refractivity contribution < 1.29 is 9.59 Å². The molecule has 0 unspecified atom stereocenters.